The van der Waals surface area contributed by atoms with E-state index in [1.807, 2.05) is 12.1 Å². The number of aliphatic hydroxyl groups excluding tert-OH is 1. The molecule has 2 atom stereocenters. The molecule has 2 rings (SSSR count). The Balaban J connectivity index is 2.37. The Morgan fingerprint density at radius 1 is 1.38 bits per heavy atom. The number of benzene rings is 1. The van der Waals surface area contributed by atoms with Crippen LogP contribution >= 0.6 is 23.2 Å². The predicted octanol–water partition coefficient (Wildman–Crippen LogP) is 2.73. The SMILES string of the molecule is NCC1(c2ccc(Cl)c(Cl)c2)CCC(O)C1. The van der Waals surface area contributed by atoms with Gasteiger partial charge in [0.15, 0.2) is 0 Å². The van der Waals surface area contributed by atoms with Gasteiger partial charge in [-0.3, -0.25) is 0 Å². The van der Waals surface area contributed by atoms with Crippen LogP contribution in [0.2, 0.25) is 10.0 Å². The van der Waals surface area contributed by atoms with Gasteiger partial charge < -0.3 is 10.8 Å². The van der Waals surface area contributed by atoms with Crippen LogP contribution in [0.1, 0.15) is 24.8 Å². The smallest absolute Gasteiger partial charge is 0.0595 e. The van der Waals surface area contributed by atoms with Gasteiger partial charge in [-0.1, -0.05) is 29.3 Å². The Hall–Kier alpha value is -0.280. The van der Waals surface area contributed by atoms with Crippen molar-refractivity contribution < 1.29 is 5.11 Å². The molecule has 0 radical (unpaired) electrons. The van der Waals surface area contributed by atoms with Gasteiger partial charge in [0.05, 0.1) is 16.1 Å². The summed E-state index contributed by atoms with van der Waals surface area (Å²) in [5, 5.41) is 10.8. The highest BCUT2D eigenvalue weighted by atomic mass is 35.5. The van der Waals surface area contributed by atoms with Crippen LogP contribution in [0.15, 0.2) is 18.2 Å². The zero-order valence-electron chi connectivity index (χ0n) is 8.92. The first-order valence-electron chi connectivity index (χ1n) is 5.41. The van der Waals surface area contributed by atoms with Gasteiger partial charge in [0, 0.05) is 12.0 Å². The van der Waals surface area contributed by atoms with Gasteiger partial charge in [-0.2, -0.15) is 0 Å². The quantitative estimate of drug-likeness (QED) is 0.858. The highest BCUT2D eigenvalue weighted by molar-refractivity contribution is 6.42. The molecule has 0 heterocycles. The normalized spacial score (nSPS) is 29.6. The monoisotopic (exact) mass is 259 g/mol. The predicted molar refractivity (Wildman–Crippen MR) is 67.1 cm³/mol. The van der Waals surface area contributed by atoms with Gasteiger partial charge in [-0.25, -0.2) is 0 Å². The molecule has 1 saturated carbocycles. The van der Waals surface area contributed by atoms with Gasteiger partial charge in [0.1, 0.15) is 0 Å². The molecular weight excluding hydrogens is 245 g/mol. The highest BCUT2D eigenvalue weighted by Gasteiger charge is 2.38. The molecule has 4 heteroatoms. The van der Waals surface area contributed by atoms with Crippen molar-refractivity contribution in [3.63, 3.8) is 0 Å². The fraction of sp³-hybridized carbons (Fsp3) is 0.500. The summed E-state index contributed by atoms with van der Waals surface area (Å²) in [4.78, 5) is 0. The van der Waals surface area contributed by atoms with Crippen LogP contribution in [0.3, 0.4) is 0 Å². The topological polar surface area (TPSA) is 46.2 Å². The average molecular weight is 260 g/mol. The maximum Gasteiger partial charge on any atom is 0.0595 e. The zero-order valence-corrected chi connectivity index (χ0v) is 10.4. The molecule has 0 amide bonds. The van der Waals surface area contributed by atoms with Crippen molar-refractivity contribution in [2.45, 2.75) is 30.8 Å². The van der Waals surface area contributed by atoms with Gasteiger partial charge in [-0.15, -0.1) is 0 Å². The highest BCUT2D eigenvalue weighted by Crippen LogP contribution is 2.41. The van der Waals surface area contributed by atoms with Gasteiger partial charge in [-0.05, 0) is 37.0 Å². The minimum Gasteiger partial charge on any atom is -0.393 e. The molecule has 2 unspecified atom stereocenters. The van der Waals surface area contributed by atoms with Crippen LogP contribution in [0.4, 0.5) is 0 Å². The molecule has 1 aliphatic rings. The van der Waals surface area contributed by atoms with Crippen molar-refractivity contribution >= 4 is 23.2 Å². The minimum atomic E-state index is -0.252. The second-order valence-electron chi connectivity index (χ2n) is 4.51. The molecule has 0 saturated heterocycles. The Morgan fingerprint density at radius 2 is 2.12 bits per heavy atom. The van der Waals surface area contributed by atoms with Crippen LogP contribution in [0, 0.1) is 0 Å². The second kappa shape index (κ2) is 4.53. The lowest BCUT2D eigenvalue weighted by atomic mass is 9.79. The lowest BCUT2D eigenvalue weighted by Gasteiger charge is -2.28. The first kappa shape index (κ1) is 12.2. The Labute approximate surface area is 105 Å². The van der Waals surface area contributed by atoms with Crippen molar-refractivity contribution in [1.29, 1.82) is 0 Å². The Kier molecular flexibility index (Phi) is 3.45. The summed E-state index contributed by atoms with van der Waals surface area (Å²) in [6.07, 6.45) is 2.17. The molecular formula is C12H15Cl2NO. The van der Waals surface area contributed by atoms with E-state index in [-0.39, 0.29) is 11.5 Å². The van der Waals surface area contributed by atoms with Gasteiger partial charge >= 0.3 is 0 Å². The van der Waals surface area contributed by atoms with Crippen molar-refractivity contribution in [1.82, 2.24) is 0 Å². The third-order valence-corrected chi connectivity index (χ3v) is 4.24. The van der Waals surface area contributed by atoms with Crippen molar-refractivity contribution in [2.24, 2.45) is 5.73 Å². The van der Waals surface area contributed by atoms with Crippen molar-refractivity contribution in [3.8, 4) is 0 Å². The molecule has 2 nitrogen and oxygen atoms in total. The summed E-state index contributed by atoms with van der Waals surface area (Å²) >= 11 is 11.9. The van der Waals surface area contributed by atoms with E-state index >= 15 is 0 Å². The molecule has 1 fully saturated rings. The average Bonchev–Trinajstić information content (AvgIpc) is 2.65. The molecule has 0 aliphatic heterocycles. The first-order chi connectivity index (χ1) is 7.57. The number of rotatable bonds is 2. The fourth-order valence-corrected chi connectivity index (χ4v) is 2.79. The Morgan fingerprint density at radius 3 is 2.62 bits per heavy atom. The van der Waals surface area contributed by atoms with E-state index < -0.39 is 0 Å². The van der Waals surface area contributed by atoms with E-state index in [2.05, 4.69) is 0 Å². The van der Waals surface area contributed by atoms with E-state index in [9.17, 15) is 5.11 Å². The van der Waals surface area contributed by atoms with Crippen molar-refractivity contribution in [3.05, 3.63) is 33.8 Å². The summed E-state index contributed by atoms with van der Waals surface area (Å²) in [7, 11) is 0. The summed E-state index contributed by atoms with van der Waals surface area (Å²) in [6.45, 7) is 0.530. The van der Waals surface area contributed by atoms with E-state index in [0.29, 0.717) is 23.0 Å². The third kappa shape index (κ3) is 2.07. The standard InChI is InChI=1S/C12H15Cl2NO/c13-10-2-1-8(5-11(10)14)12(7-15)4-3-9(16)6-12/h1-2,5,9,16H,3-4,6-7,15H2. The molecule has 1 aromatic carbocycles. The lowest BCUT2D eigenvalue weighted by Crippen LogP contribution is -2.33. The molecule has 0 aromatic heterocycles. The molecule has 0 spiro atoms. The first-order valence-corrected chi connectivity index (χ1v) is 6.17. The number of halogens is 2. The number of nitrogens with two attached hydrogens (primary N) is 1. The number of hydrogen-bond acceptors (Lipinski definition) is 2. The summed E-state index contributed by atoms with van der Waals surface area (Å²) < 4.78 is 0. The van der Waals surface area contributed by atoms with E-state index in [1.54, 1.807) is 6.07 Å². The Bertz CT molecular complexity index is 397. The van der Waals surface area contributed by atoms with Gasteiger partial charge in [0.25, 0.3) is 0 Å². The van der Waals surface area contributed by atoms with Crippen LogP contribution in [0.5, 0.6) is 0 Å². The lowest BCUT2D eigenvalue weighted by molar-refractivity contribution is 0.174. The van der Waals surface area contributed by atoms with Crippen LogP contribution in [-0.2, 0) is 5.41 Å². The number of aliphatic hydroxyl groups is 1. The summed E-state index contributed by atoms with van der Waals surface area (Å²) in [6, 6.07) is 5.62. The maximum absolute atomic E-state index is 9.67. The summed E-state index contributed by atoms with van der Waals surface area (Å²) in [5.74, 6) is 0. The molecule has 16 heavy (non-hydrogen) atoms. The second-order valence-corrected chi connectivity index (χ2v) is 5.32. The van der Waals surface area contributed by atoms with Gasteiger partial charge in [0.2, 0.25) is 0 Å². The molecule has 1 aromatic rings. The molecule has 1 aliphatic carbocycles. The third-order valence-electron chi connectivity index (χ3n) is 3.51. The fourth-order valence-electron chi connectivity index (χ4n) is 2.49. The van der Waals surface area contributed by atoms with Crippen LogP contribution in [-0.4, -0.2) is 17.8 Å². The molecule has 3 N–H and O–H groups in total. The van der Waals surface area contributed by atoms with E-state index in [1.165, 1.54) is 0 Å². The van der Waals surface area contributed by atoms with E-state index in [0.717, 1.165) is 18.4 Å². The number of hydrogen-bond donors (Lipinski definition) is 2. The summed E-state index contributed by atoms with van der Waals surface area (Å²) in [5.41, 5.74) is 6.82. The van der Waals surface area contributed by atoms with Crippen LogP contribution < -0.4 is 5.73 Å². The largest absolute Gasteiger partial charge is 0.393 e. The van der Waals surface area contributed by atoms with E-state index in [4.69, 9.17) is 28.9 Å². The minimum absolute atomic E-state index is 0.131. The zero-order chi connectivity index (χ0) is 11.8. The van der Waals surface area contributed by atoms with Crippen LogP contribution in [0.25, 0.3) is 0 Å². The van der Waals surface area contributed by atoms with Crippen molar-refractivity contribution in [2.75, 3.05) is 6.54 Å². The molecule has 88 valence electrons. The molecule has 0 bridgehead atoms. The maximum atomic E-state index is 9.67.